The zero-order chi connectivity index (χ0) is 10.9. The minimum absolute atomic E-state index is 0.300. The summed E-state index contributed by atoms with van der Waals surface area (Å²) in [6, 6.07) is 0. The summed E-state index contributed by atoms with van der Waals surface area (Å²) in [5, 5.41) is 0. The van der Waals surface area contributed by atoms with Crippen molar-refractivity contribution in [2.45, 2.75) is 51.0 Å². The second kappa shape index (κ2) is 4.45. The lowest BCUT2D eigenvalue weighted by atomic mass is 10.3. The summed E-state index contributed by atoms with van der Waals surface area (Å²) in [6.07, 6.45) is 0. The number of rotatable bonds is 2. The molecule has 0 fully saturated rings. The Kier molecular flexibility index (Phi) is 4.67. The Morgan fingerprint density at radius 2 is 1.00 bits per heavy atom. The summed E-state index contributed by atoms with van der Waals surface area (Å²) in [5.74, 6) is 0. The van der Waals surface area contributed by atoms with Crippen molar-refractivity contribution >= 4 is 29.5 Å². The molecular formula is C8H18O2S3. The van der Waals surface area contributed by atoms with Crippen molar-refractivity contribution in [2.24, 2.45) is 0 Å². The van der Waals surface area contributed by atoms with Gasteiger partial charge in [0.25, 0.3) is 0 Å². The highest BCUT2D eigenvalue weighted by Crippen LogP contribution is 2.31. The average molecular weight is 242 g/mol. The molecule has 0 aromatic rings. The summed E-state index contributed by atoms with van der Waals surface area (Å²) in [4.78, 5) is 0. The summed E-state index contributed by atoms with van der Waals surface area (Å²) in [7, 11) is -1.14. The third-order valence-electron chi connectivity index (χ3n) is 1.12. The smallest absolute Gasteiger partial charge is 0.0989 e. The number of hydrogen-bond donors (Lipinski definition) is 0. The van der Waals surface area contributed by atoms with E-state index in [0.717, 1.165) is 9.83 Å². The molecule has 0 spiro atoms. The Bertz CT molecular complexity index is 199. The molecule has 0 radical (unpaired) electrons. The van der Waals surface area contributed by atoms with Gasteiger partial charge in [0.2, 0.25) is 0 Å². The van der Waals surface area contributed by atoms with E-state index >= 15 is 0 Å². The Morgan fingerprint density at radius 1 is 0.769 bits per heavy atom. The van der Waals surface area contributed by atoms with Crippen LogP contribution in [0.25, 0.3) is 0 Å². The Morgan fingerprint density at radius 3 is 1.15 bits per heavy atom. The SMILES string of the molecule is CC(C)(C)S(=O)SS(=O)C(C)(C)C. The molecule has 2 unspecified atom stereocenters. The van der Waals surface area contributed by atoms with Crippen LogP contribution in [0.5, 0.6) is 0 Å². The molecule has 0 aliphatic carbocycles. The molecule has 2 nitrogen and oxygen atoms in total. The van der Waals surface area contributed by atoms with Gasteiger partial charge in [0, 0.05) is 19.3 Å². The van der Waals surface area contributed by atoms with Crippen LogP contribution in [0, 0.1) is 0 Å². The van der Waals surface area contributed by atoms with Gasteiger partial charge in [-0.15, -0.1) is 0 Å². The predicted molar refractivity (Wildman–Crippen MR) is 63.4 cm³/mol. The van der Waals surface area contributed by atoms with Crippen LogP contribution in [-0.4, -0.2) is 17.9 Å². The molecule has 2 atom stereocenters. The van der Waals surface area contributed by atoms with E-state index in [1.54, 1.807) is 0 Å². The first-order valence-corrected chi connectivity index (χ1v) is 8.22. The van der Waals surface area contributed by atoms with Gasteiger partial charge in [-0.3, -0.25) is 0 Å². The standard InChI is InChI=1S/C8H18O2S3/c1-7(2,3)12(9)11-13(10)8(4,5)6/h1-6H3. The minimum atomic E-state index is -1.10. The highest BCUT2D eigenvalue weighted by molar-refractivity contribution is 9.01. The van der Waals surface area contributed by atoms with Crippen molar-refractivity contribution in [3.8, 4) is 0 Å². The fourth-order valence-electron chi connectivity index (χ4n) is 0.260. The van der Waals surface area contributed by atoms with Gasteiger partial charge >= 0.3 is 0 Å². The quantitative estimate of drug-likeness (QED) is 0.698. The van der Waals surface area contributed by atoms with Crippen molar-refractivity contribution in [3.05, 3.63) is 0 Å². The summed E-state index contributed by atoms with van der Waals surface area (Å²) in [6.45, 7) is 11.3. The molecule has 0 saturated heterocycles. The first-order chi connectivity index (χ1) is 5.55. The summed E-state index contributed by atoms with van der Waals surface area (Å²) in [5.41, 5.74) is 0. The Labute approximate surface area is 89.0 Å². The van der Waals surface area contributed by atoms with E-state index in [-0.39, 0.29) is 9.49 Å². The second-order valence-corrected chi connectivity index (χ2v) is 11.7. The highest BCUT2D eigenvalue weighted by atomic mass is 33.5. The molecule has 80 valence electrons. The van der Waals surface area contributed by atoms with Crippen LogP contribution in [-0.2, 0) is 19.7 Å². The lowest BCUT2D eigenvalue weighted by molar-refractivity contribution is 0.658. The van der Waals surface area contributed by atoms with E-state index < -0.39 is 19.7 Å². The molecule has 0 N–H and O–H groups in total. The van der Waals surface area contributed by atoms with Gasteiger partial charge in [-0.25, -0.2) is 8.42 Å². The van der Waals surface area contributed by atoms with Gasteiger partial charge in [-0.2, -0.15) is 0 Å². The van der Waals surface area contributed by atoms with Crippen LogP contribution >= 0.6 is 9.83 Å². The van der Waals surface area contributed by atoms with Gasteiger partial charge in [0.1, 0.15) is 0 Å². The van der Waals surface area contributed by atoms with Crippen molar-refractivity contribution in [1.82, 2.24) is 0 Å². The van der Waals surface area contributed by atoms with Gasteiger partial charge in [0.05, 0.1) is 19.7 Å². The van der Waals surface area contributed by atoms with E-state index in [9.17, 15) is 8.42 Å². The molecule has 5 heteroatoms. The maximum absolute atomic E-state index is 11.6. The largest absolute Gasteiger partial charge is 0.246 e. The molecule has 0 heterocycles. The topological polar surface area (TPSA) is 34.1 Å². The third-order valence-corrected chi connectivity index (χ3v) is 9.34. The van der Waals surface area contributed by atoms with Gasteiger partial charge in [0.15, 0.2) is 0 Å². The van der Waals surface area contributed by atoms with E-state index in [2.05, 4.69) is 0 Å². The molecule has 0 aromatic heterocycles. The lowest BCUT2D eigenvalue weighted by Crippen LogP contribution is -2.24. The average Bonchev–Trinajstić information content (AvgIpc) is 1.82. The van der Waals surface area contributed by atoms with Gasteiger partial charge in [-0.1, -0.05) is 0 Å². The van der Waals surface area contributed by atoms with Crippen molar-refractivity contribution in [3.63, 3.8) is 0 Å². The first-order valence-electron chi connectivity index (χ1n) is 4.07. The Balaban J connectivity index is 4.34. The van der Waals surface area contributed by atoms with Crippen LogP contribution in [0.15, 0.2) is 0 Å². The lowest BCUT2D eigenvalue weighted by Gasteiger charge is -2.20. The summed E-state index contributed by atoms with van der Waals surface area (Å²) < 4.78 is 22.6. The van der Waals surface area contributed by atoms with E-state index in [0.29, 0.717) is 0 Å². The molecular weight excluding hydrogens is 224 g/mol. The Hall–Kier alpha value is 0.650. The molecule has 0 aliphatic heterocycles. The zero-order valence-corrected chi connectivity index (χ0v) is 11.5. The van der Waals surface area contributed by atoms with Gasteiger partial charge in [-0.05, 0) is 41.5 Å². The zero-order valence-electron chi connectivity index (χ0n) is 9.04. The molecule has 0 amide bonds. The monoisotopic (exact) mass is 242 g/mol. The molecule has 0 aromatic carbocycles. The van der Waals surface area contributed by atoms with Crippen LogP contribution in [0.2, 0.25) is 0 Å². The van der Waals surface area contributed by atoms with Crippen LogP contribution < -0.4 is 0 Å². The fourth-order valence-corrected chi connectivity index (χ4v) is 7.03. The maximum atomic E-state index is 11.6. The second-order valence-electron chi connectivity index (χ2n) is 4.76. The highest BCUT2D eigenvalue weighted by Gasteiger charge is 2.28. The van der Waals surface area contributed by atoms with Gasteiger partial charge < -0.3 is 0 Å². The minimum Gasteiger partial charge on any atom is -0.246 e. The predicted octanol–water partition coefficient (Wildman–Crippen LogP) is 2.64. The van der Waals surface area contributed by atoms with E-state index in [1.807, 2.05) is 41.5 Å². The third kappa shape index (κ3) is 5.18. The van der Waals surface area contributed by atoms with Crippen LogP contribution in [0.1, 0.15) is 41.5 Å². The molecule has 0 rings (SSSR count). The molecule has 13 heavy (non-hydrogen) atoms. The summed E-state index contributed by atoms with van der Waals surface area (Å²) >= 11 is 0. The number of hydrogen-bond acceptors (Lipinski definition) is 3. The molecule has 0 saturated carbocycles. The molecule has 0 bridgehead atoms. The van der Waals surface area contributed by atoms with E-state index in [4.69, 9.17) is 0 Å². The van der Waals surface area contributed by atoms with Crippen LogP contribution in [0.3, 0.4) is 0 Å². The van der Waals surface area contributed by atoms with E-state index in [1.165, 1.54) is 0 Å². The first kappa shape index (κ1) is 13.7. The van der Waals surface area contributed by atoms with Crippen molar-refractivity contribution < 1.29 is 8.42 Å². The normalized spacial score (nSPS) is 18.3. The fraction of sp³-hybridized carbons (Fsp3) is 1.00. The maximum Gasteiger partial charge on any atom is 0.0989 e. The van der Waals surface area contributed by atoms with Crippen molar-refractivity contribution in [2.75, 3.05) is 0 Å². The van der Waals surface area contributed by atoms with Crippen molar-refractivity contribution in [1.29, 1.82) is 0 Å². The van der Waals surface area contributed by atoms with Crippen LogP contribution in [0.4, 0.5) is 0 Å². The molecule has 0 aliphatic rings.